The molecule has 2 amide bonds. The predicted molar refractivity (Wildman–Crippen MR) is 130 cm³/mol. The van der Waals surface area contributed by atoms with Crippen LogP contribution in [0.5, 0.6) is 0 Å². The summed E-state index contributed by atoms with van der Waals surface area (Å²) in [4.78, 5) is 15.2. The highest BCUT2D eigenvalue weighted by Crippen LogP contribution is 2.21. The molecule has 0 radical (unpaired) electrons. The number of urea groups is 1. The van der Waals surface area contributed by atoms with Gasteiger partial charge < -0.3 is 14.8 Å². The molecule has 0 aliphatic rings. The molecule has 1 heterocycles. The van der Waals surface area contributed by atoms with E-state index in [1.54, 1.807) is 0 Å². The number of amides is 2. The second-order valence-electron chi connectivity index (χ2n) is 8.38. The third-order valence-corrected chi connectivity index (χ3v) is 5.91. The number of hydrogen-bond acceptors (Lipinski definition) is 1. The molecule has 0 aliphatic carbocycles. The molecule has 3 aromatic rings. The molecule has 0 aliphatic heterocycles. The average Bonchev–Trinajstić information content (AvgIpc) is 3.18. The Balaban J connectivity index is 1.78. The second kappa shape index (κ2) is 10.9. The zero-order valence-corrected chi connectivity index (χ0v) is 19.3. The Morgan fingerprint density at radius 3 is 2.32 bits per heavy atom. The van der Waals surface area contributed by atoms with Crippen molar-refractivity contribution in [3.8, 4) is 0 Å². The number of carbonyl (C=O) groups excluding carboxylic acids is 1. The van der Waals surface area contributed by atoms with E-state index in [1.807, 2.05) is 36.9 Å². The lowest BCUT2D eigenvalue weighted by Crippen LogP contribution is -2.36. The zero-order chi connectivity index (χ0) is 22.2. The number of aryl methyl sites for hydroxylation is 3. The van der Waals surface area contributed by atoms with Crippen LogP contribution in [0.4, 0.5) is 10.5 Å². The summed E-state index contributed by atoms with van der Waals surface area (Å²) < 4.78 is 2.25. The van der Waals surface area contributed by atoms with Crippen LogP contribution in [0.15, 0.2) is 60.8 Å². The van der Waals surface area contributed by atoms with Crippen molar-refractivity contribution >= 4 is 11.7 Å². The number of para-hydroxylation sites is 1. The fraction of sp³-hybridized carbons (Fsp3) is 0.370. The van der Waals surface area contributed by atoms with E-state index in [9.17, 15) is 4.79 Å². The van der Waals surface area contributed by atoms with Crippen LogP contribution in [0.2, 0.25) is 0 Å². The fourth-order valence-electron chi connectivity index (χ4n) is 3.92. The van der Waals surface area contributed by atoms with Gasteiger partial charge in [-0.05, 0) is 61.6 Å². The maximum absolute atomic E-state index is 13.3. The molecule has 164 valence electrons. The van der Waals surface area contributed by atoms with Crippen molar-refractivity contribution < 1.29 is 4.79 Å². The summed E-state index contributed by atoms with van der Waals surface area (Å²) in [5.41, 5.74) is 6.83. The molecular formula is C27H35N3O. The Labute approximate surface area is 186 Å². The van der Waals surface area contributed by atoms with Gasteiger partial charge in [-0.25, -0.2) is 4.79 Å². The topological polar surface area (TPSA) is 37.3 Å². The Morgan fingerprint density at radius 2 is 1.61 bits per heavy atom. The third kappa shape index (κ3) is 6.00. The summed E-state index contributed by atoms with van der Waals surface area (Å²) in [6.07, 6.45) is 5.37. The van der Waals surface area contributed by atoms with E-state index in [4.69, 9.17) is 0 Å². The van der Waals surface area contributed by atoms with Crippen LogP contribution >= 0.6 is 0 Å². The van der Waals surface area contributed by atoms with Crippen molar-refractivity contribution in [1.29, 1.82) is 0 Å². The molecule has 0 saturated heterocycles. The van der Waals surface area contributed by atoms with Crippen LogP contribution < -0.4 is 5.32 Å². The molecule has 0 saturated carbocycles. The average molecular weight is 418 g/mol. The smallest absolute Gasteiger partial charge is 0.322 e. The number of nitrogens with one attached hydrogen (secondary N) is 1. The summed E-state index contributed by atoms with van der Waals surface area (Å²) in [6, 6.07) is 18.7. The molecule has 4 heteroatoms. The molecule has 0 bridgehead atoms. The predicted octanol–water partition coefficient (Wildman–Crippen LogP) is 6.69. The van der Waals surface area contributed by atoms with Gasteiger partial charge in [0.15, 0.2) is 0 Å². The SMILES string of the molecule is CCCCCN(Cc1cccn1Cc1ccccc1C)C(=O)Nc1c(C)cccc1C. The van der Waals surface area contributed by atoms with E-state index < -0.39 is 0 Å². The van der Waals surface area contributed by atoms with Gasteiger partial charge in [0.25, 0.3) is 0 Å². The molecule has 31 heavy (non-hydrogen) atoms. The van der Waals surface area contributed by atoms with Crippen molar-refractivity contribution in [2.75, 3.05) is 11.9 Å². The molecule has 2 aromatic carbocycles. The standard InChI is InChI=1S/C27H35N3O/c1-5-6-9-17-30(27(31)28-26-22(3)13-10-14-23(26)4)20-25-16-11-18-29(25)19-24-15-8-7-12-21(24)2/h7-8,10-16,18H,5-6,9,17,19-20H2,1-4H3,(H,28,31). The number of hydrogen-bond donors (Lipinski definition) is 1. The largest absolute Gasteiger partial charge is 0.345 e. The maximum atomic E-state index is 13.3. The number of aromatic nitrogens is 1. The van der Waals surface area contributed by atoms with E-state index in [0.29, 0.717) is 6.54 Å². The van der Waals surface area contributed by atoms with Crippen molar-refractivity contribution in [3.63, 3.8) is 0 Å². The van der Waals surface area contributed by atoms with E-state index in [2.05, 4.69) is 66.3 Å². The summed E-state index contributed by atoms with van der Waals surface area (Å²) in [7, 11) is 0. The first-order valence-corrected chi connectivity index (χ1v) is 11.3. The Kier molecular flexibility index (Phi) is 7.94. The number of nitrogens with zero attached hydrogens (tertiary/aromatic N) is 2. The fourth-order valence-corrected chi connectivity index (χ4v) is 3.92. The molecule has 0 atom stereocenters. The Bertz CT molecular complexity index is 985. The molecule has 0 unspecified atom stereocenters. The number of anilines is 1. The van der Waals surface area contributed by atoms with Gasteiger partial charge in [0, 0.05) is 30.7 Å². The first-order valence-electron chi connectivity index (χ1n) is 11.3. The highest BCUT2D eigenvalue weighted by molar-refractivity contribution is 5.91. The Morgan fingerprint density at radius 1 is 0.903 bits per heavy atom. The number of carbonyl (C=O) groups is 1. The van der Waals surface area contributed by atoms with Crippen LogP contribution in [-0.4, -0.2) is 22.0 Å². The van der Waals surface area contributed by atoms with E-state index in [-0.39, 0.29) is 6.03 Å². The first kappa shape index (κ1) is 22.7. The molecule has 1 aromatic heterocycles. The number of unbranched alkanes of at least 4 members (excludes halogenated alkanes) is 2. The Hall–Kier alpha value is -3.01. The minimum absolute atomic E-state index is 0.0304. The maximum Gasteiger partial charge on any atom is 0.322 e. The van der Waals surface area contributed by atoms with Crippen molar-refractivity contribution in [2.24, 2.45) is 0 Å². The quantitative estimate of drug-likeness (QED) is 0.387. The van der Waals surface area contributed by atoms with Crippen LogP contribution in [0, 0.1) is 20.8 Å². The van der Waals surface area contributed by atoms with Crippen molar-refractivity contribution in [3.05, 3.63) is 88.7 Å². The van der Waals surface area contributed by atoms with Gasteiger partial charge in [-0.1, -0.05) is 62.2 Å². The minimum Gasteiger partial charge on any atom is -0.345 e. The molecular weight excluding hydrogens is 382 g/mol. The van der Waals surface area contributed by atoms with Crippen molar-refractivity contribution in [1.82, 2.24) is 9.47 Å². The van der Waals surface area contributed by atoms with Gasteiger partial charge in [0.2, 0.25) is 0 Å². The lowest BCUT2D eigenvalue weighted by molar-refractivity contribution is 0.206. The molecule has 3 rings (SSSR count). The van der Waals surface area contributed by atoms with E-state index >= 15 is 0 Å². The highest BCUT2D eigenvalue weighted by atomic mass is 16.2. The van der Waals surface area contributed by atoms with E-state index in [0.717, 1.165) is 54.9 Å². The van der Waals surface area contributed by atoms with Gasteiger partial charge in [-0.15, -0.1) is 0 Å². The lowest BCUT2D eigenvalue weighted by atomic mass is 10.1. The van der Waals surface area contributed by atoms with Crippen LogP contribution in [-0.2, 0) is 13.1 Å². The van der Waals surface area contributed by atoms with Crippen LogP contribution in [0.3, 0.4) is 0 Å². The van der Waals surface area contributed by atoms with Crippen LogP contribution in [0.25, 0.3) is 0 Å². The van der Waals surface area contributed by atoms with Crippen LogP contribution in [0.1, 0.15) is 54.1 Å². The number of benzene rings is 2. The second-order valence-corrected chi connectivity index (χ2v) is 8.38. The molecule has 0 fully saturated rings. The van der Waals surface area contributed by atoms with Gasteiger partial charge in [0.05, 0.1) is 6.54 Å². The van der Waals surface area contributed by atoms with Crippen molar-refractivity contribution in [2.45, 2.75) is 60.0 Å². The molecule has 1 N–H and O–H groups in total. The summed E-state index contributed by atoms with van der Waals surface area (Å²) in [5.74, 6) is 0. The monoisotopic (exact) mass is 417 g/mol. The zero-order valence-electron chi connectivity index (χ0n) is 19.3. The highest BCUT2D eigenvalue weighted by Gasteiger charge is 2.17. The van der Waals surface area contributed by atoms with Gasteiger partial charge in [-0.2, -0.15) is 0 Å². The molecule has 4 nitrogen and oxygen atoms in total. The normalized spacial score (nSPS) is 10.8. The van der Waals surface area contributed by atoms with E-state index in [1.165, 1.54) is 11.1 Å². The lowest BCUT2D eigenvalue weighted by Gasteiger charge is -2.25. The number of rotatable bonds is 9. The third-order valence-electron chi connectivity index (χ3n) is 5.91. The summed E-state index contributed by atoms with van der Waals surface area (Å²) in [6.45, 7) is 10.6. The van der Waals surface area contributed by atoms with Gasteiger partial charge >= 0.3 is 6.03 Å². The van der Waals surface area contributed by atoms with Gasteiger partial charge in [-0.3, -0.25) is 0 Å². The minimum atomic E-state index is -0.0304. The molecule has 0 spiro atoms. The summed E-state index contributed by atoms with van der Waals surface area (Å²) in [5, 5.41) is 3.17. The van der Waals surface area contributed by atoms with Gasteiger partial charge in [0.1, 0.15) is 0 Å². The summed E-state index contributed by atoms with van der Waals surface area (Å²) >= 11 is 0. The first-order chi connectivity index (χ1) is 15.0.